The van der Waals surface area contributed by atoms with Crippen LogP contribution in [0, 0.1) is 22.5 Å². The van der Waals surface area contributed by atoms with Gasteiger partial charge in [-0.1, -0.05) is 24.1 Å². The van der Waals surface area contributed by atoms with E-state index in [1.54, 1.807) is 24.3 Å². The molecule has 0 bridgehead atoms. The summed E-state index contributed by atoms with van der Waals surface area (Å²) in [5.41, 5.74) is 0.416. The van der Waals surface area contributed by atoms with Crippen LogP contribution in [0.15, 0.2) is 48.5 Å². The topological polar surface area (TPSA) is 111 Å². The third-order valence-electron chi connectivity index (χ3n) is 3.20. The normalized spacial score (nSPS) is 9.65. The second-order valence-corrected chi connectivity index (χ2v) is 5.02. The van der Waals surface area contributed by atoms with Crippen molar-refractivity contribution in [3.05, 3.63) is 64.2 Å². The van der Waals surface area contributed by atoms with E-state index in [0.717, 1.165) is 0 Å². The number of ether oxygens (including phenoxy) is 1. The van der Waals surface area contributed by atoms with E-state index in [0.29, 0.717) is 5.69 Å². The summed E-state index contributed by atoms with van der Waals surface area (Å²) in [7, 11) is 0. The maximum atomic E-state index is 12.1. The maximum Gasteiger partial charge on any atom is 0.273 e. The first-order chi connectivity index (χ1) is 12.5. The highest BCUT2D eigenvalue weighted by atomic mass is 16.6. The number of para-hydroxylation sites is 1. The standard InChI is InChI=1S/C18H15N3O5/c1-2-10-19-18(23)15-8-3-4-9-16(15)20-17(22)12-26-14-7-5-6-13(11-14)21(24)25/h1,3-9,11H,10,12H2,(H,19,23)(H,20,22). The van der Waals surface area contributed by atoms with Gasteiger partial charge >= 0.3 is 0 Å². The van der Waals surface area contributed by atoms with E-state index in [2.05, 4.69) is 16.6 Å². The van der Waals surface area contributed by atoms with Gasteiger partial charge in [0.2, 0.25) is 0 Å². The lowest BCUT2D eigenvalue weighted by molar-refractivity contribution is -0.384. The van der Waals surface area contributed by atoms with E-state index in [1.807, 2.05) is 0 Å². The summed E-state index contributed by atoms with van der Waals surface area (Å²) in [5.74, 6) is 1.54. The number of nitrogens with zero attached hydrogens (tertiary/aromatic N) is 1. The zero-order valence-corrected chi connectivity index (χ0v) is 13.6. The van der Waals surface area contributed by atoms with E-state index in [4.69, 9.17) is 11.2 Å². The number of hydrogen-bond donors (Lipinski definition) is 2. The van der Waals surface area contributed by atoms with Crippen molar-refractivity contribution in [2.24, 2.45) is 0 Å². The van der Waals surface area contributed by atoms with Crippen molar-refractivity contribution in [2.75, 3.05) is 18.5 Å². The minimum Gasteiger partial charge on any atom is -0.484 e. The summed E-state index contributed by atoms with van der Waals surface area (Å²) in [4.78, 5) is 34.3. The minimum absolute atomic E-state index is 0.0665. The van der Waals surface area contributed by atoms with Crippen molar-refractivity contribution < 1.29 is 19.2 Å². The molecule has 0 saturated heterocycles. The number of carbonyl (C=O) groups is 2. The molecule has 0 aliphatic carbocycles. The van der Waals surface area contributed by atoms with Crippen LogP contribution >= 0.6 is 0 Å². The van der Waals surface area contributed by atoms with Crippen molar-refractivity contribution in [2.45, 2.75) is 0 Å². The number of benzene rings is 2. The van der Waals surface area contributed by atoms with Gasteiger partial charge in [0.25, 0.3) is 17.5 Å². The first kappa shape index (κ1) is 18.5. The number of carbonyl (C=O) groups excluding carboxylic acids is 2. The van der Waals surface area contributed by atoms with Crippen molar-refractivity contribution in [1.82, 2.24) is 5.32 Å². The third kappa shape index (κ3) is 5.07. The molecule has 0 aromatic heterocycles. The summed E-state index contributed by atoms with van der Waals surface area (Å²) >= 11 is 0. The second-order valence-electron chi connectivity index (χ2n) is 5.02. The fourth-order valence-electron chi connectivity index (χ4n) is 2.04. The van der Waals surface area contributed by atoms with Gasteiger partial charge in [-0.15, -0.1) is 6.42 Å². The first-order valence-electron chi connectivity index (χ1n) is 7.49. The lowest BCUT2D eigenvalue weighted by Gasteiger charge is -2.11. The summed E-state index contributed by atoms with van der Waals surface area (Å²) in [6.07, 6.45) is 5.10. The first-order valence-corrected chi connectivity index (χ1v) is 7.49. The van der Waals surface area contributed by atoms with Gasteiger partial charge in [-0.2, -0.15) is 0 Å². The van der Waals surface area contributed by atoms with E-state index >= 15 is 0 Å². The van der Waals surface area contributed by atoms with Crippen molar-refractivity contribution in [3.8, 4) is 18.1 Å². The Morgan fingerprint density at radius 3 is 2.69 bits per heavy atom. The Morgan fingerprint density at radius 2 is 1.96 bits per heavy atom. The molecule has 0 spiro atoms. The van der Waals surface area contributed by atoms with Gasteiger partial charge in [-0.3, -0.25) is 19.7 Å². The molecule has 0 unspecified atom stereocenters. The number of rotatable bonds is 7. The van der Waals surface area contributed by atoms with Gasteiger partial charge in [0.15, 0.2) is 6.61 Å². The summed E-state index contributed by atoms with van der Waals surface area (Å²) in [6, 6.07) is 11.9. The highest BCUT2D eigenvalue weighted by Gasteiger charge is 2.13. The van der Waals surface area contributed by atoms with Crippen LogP contribution in [0.2, 0.25) is 0 Å². The van der Waals surface area contributed by atoms with Crippen LogP contribution in [-0.2, 0) is 4.79 Å². The Labute approximate surface area is 149 Å². The molecule has 0 atom stereocenters. The number of non-ortho nitro benzene ring substituents is 1. The Bertz CT molecular complexity index is 873. The Morgan fingerprint density at radius 1 is 1.19 bits per heavy atom. The van der Waals surface area contributed by atoms with E-state index in [1.165, 1.54) is 24.3 Å². The molecule has 8 heteroatoms. The van der Waals surface area contributed by atoms with Gasteiger partial charge in [-0.05, 0) is 18.2 Å². The van der Waals surface area contributed by atoms with E-state index in [-0.39, 0.29) is 30.2 Å². The number of hydrogen-bond acceptors (Lipinski definition) is 5. The minimum atomic E-state index is -0.558. The molecule has 26 heavy (non-hydrogen) atoms. The number of nitro groups is 1. The molecule has 0 aliphatic rings. The third-order valence-corrected chi connectivity index (χ3v) is 3.20. The molecule has 8 nitrogen and oxygen atoms in total. The SMILES string of the molecule is C#CCNC(=O)c1ccccc1NC(=O)COc1cccc([N+](=O)[O-])c1. The number of amides is 2. The fraction of sp³-hybridized carbons (Fsp3) is 0.111. The maximum absolute atomic E-state index is 12.1. The predicted molar refractivity (Wildman–Crippen MR) is 94.8 cm³/mol. The number of terminal acetylenes is 1. The highest BCUT2D eigenvalue weighted by Crippen LogP contribution is 2.19. The number of nitro benzene ring substituents is 1. The molecule has 2 N–H and O–H groups in total. The smallest absolute Gasteiger partial charge is 0.273 e. The van der Waals surface area contributed by atoms with Crippen LogP contribution in [0.4, 0.5) is 11.4 Å². The quantitative estimate of drug-likeness (QED) is 0.449. The molecule has 2 aromatic rings. The Balaban J connectivity index is 2.00. The zero-order chi connectivity index (χ0) is 18.9. The van der Waals surface area contributed by atoms with E-state index < -0.39 is 16.7 Å². The van der Waals surface area contributed by atoms with Crippen molar-refractivity contribution in [3.63, 3.8) is 0 Å². The monoisotopic (exact) mass is 353 g/mol. The predicted octanol–water partition coefficient (Wildman–Crippen LogP) is 1.98. The van der Waals surface area contributed by atoms with E-state index in [9.17, 15) is 19.7 Å². The molecule has 132 valence electrons. The molecule has 2 amide bonds. The van der Waals surface area contributed by atoms with Crippen molar-refractivity contribution in [1.29, 1.82) is 0 Å². The zero-order valence-electron chi connectivity index (χ0n) is 13.6. The molecule has 0 heterocycles. The van der Waals surface area contributed by atoms with Gasteiger partial charge in [-0.25, -0.2) is 0 Å². The van der Waals surface area contributed by atoms with Crippen LogP contribution in [0.5, 0.6) is 5.75 Å². The van der Waals surface area contributed by atoms with Crippen LogP contribution in [-0.4, -0.2) is 29.9 Å². The molecule has 0 radical (unpaired) electrons. The van der Waals surface area contributed by atoms with Gasteiger partial charge in [0.1, 0.15) is 5.75 Å². The molecular weight excluding hydrogens is 338 g/mol. The summed E-state index contributed by atoms with van der Waals surface area (Å²) in [5, 5.41) is 15.8. The van der Waals surface area contributed by atoms with Gasteiger partial charge < -0.3 is 15.4 Å². The van der Waals surface area contributed by atoms with Crippen LogP contribution in [0.1, 0.15) is 10.4 Å². The largest absolute Gasteiger partial charge is 0.484 e. The van der Waals surface area contributed by atoms with Gasteiger partial charge in [0.05, 0.1) is 28.8 Å². The number of nitrogens with one attached hydrogen (secondary N) is 2. The van der Waals surface area contributed by atoms with Crippen LogP contribution < -0.4 is 15.4 Å². The summed E-state index contributed by atoms with van der Waals surface area (Å²) in [6.45, 7) is -0.307. The molecule has 0 fully saturated rings. The Hall–Kier alpha value is -3.86. The fourth-order valence-corrected chi connectivity index (χ4v) is 2.04. The lowest BCUT2D eigenvalue weighted by atomic mass is 10.1. The van der Waals surface area contributed by atoms with Crippen molar-refractivity contribution >= 4 is 23.2 Å². The Kier molecular flexibility index (Phi) is 6.28. The molecule has 0 aliphatic heterocycles. The second kappa shape index (κ2) is 8.84. The molecule has 2 aromatic carbocycles. The van der Waals surface area contributed by atoms with Crippen LogP contribution in [0.3, 0.4) is 0 Å². The molecular formula is C18H15N3O5. The summed E-state index contributed by atoms with van der Waals surface area (Å²) < 4.78 is 5.25. The average Bonchev–Trinajstić information content (AvgIpc) is 2.65. The van der Waals surface area contributed by atoms with Crippen LogP contribution in [0.25, 0.3) is 0 Å². The van der Waals surface area contributed by atoms with Gasteiger partial charge in [0, 0.05) is 6.07 Å². The highest BCUT2D eigenvalue weighted by molar-refractivity contribution is 6.04. The number of anilines is 1. The molecule has 0 saturated carbocycles. The lowest BCUT2D eigenvalue weighted by Crippen LogP contribution is -2.26. The average molecular weight is 353 g/mol. The molecule has 2 rings (SSSR count).